The molecule has 0 radical (unpaired) electrons. The average molecular weight is 378 g/mol. The Bertz CT molecular complexity index is 940. The van der Waals surface area contributed by atoms with E-state index in [1.54, 1.807) is 0 Å². The van der Waals surface area contributed by atoms with Gasteiger partial charge in [-0.25, -0.2) is 9.59 Å². The van der Waals surface area contributed by atoms with Gasteiger partial charge in [0.05, 0.1) is 6.04 Å². The molecule has 1 aliphatic heterocycles. The number of hydrogen-bond donors (Lipinski definition) is 1. The van der Waals surface area contributed by atoms with Gasteiger partial charge in [-0.05, 0) is 34.2 Å². The van der Waals surface area contributed by atoms with Crippen molar-refractivity contribution in [3.63, 3.8) is 0 Å². The fraction of sp³-hybridized carbons (Fsp3) is 0.300. The van der Waals surface area contributed by atoms with E-state index in [0.717, 1.165) is 27.2 Å². The zero-order chi connectivity index (χ0) is 19.7. The van der Waals surface area contributed by atoms with Crippen LogP contribution in [-0.4, -0.2) is 47.3 Å². The number of ether oxygens (including phenoxy) is 1. The summed E-state index contributed by atoms with van der Waals surface area (Å²) in [6.45, 7) is 0.152. The molecule has 0 spiro atoms. The number of aliphatic carboxylic acids is 1. The highest BCUT2D eigenvalue weighted by molar-refractivity contribution is 5.81. The number of carboxylic acid groups (broad SMARTS) is 1. The van der Waals surface area contributed by atoms with Crippen LogP contribution < -0.4 is 0 Å². The molecule has 8 nitrogen and oxygen atoms in total. The predicted octanol–water partition coefficient (Wildman–Crippen LogP) is 3.77. The minimum Gasteiger partial charge on any atom is -0.480 e. The van der Waals surface area contributed by atoms with Gasteiger partial charge in [0.15, 0.2) is 0 Å². The van der Waals surface area contributed by atoms with E-state index in [9.17, 15) is 14.7 Å². The van der Waals surface area contributed by atoms with Gasteiger partial charge in [-0.1, -0.05) is 53.6 Å². The summed E-state index contributed by atoms with van der Waals surface area (Å²) in [5.41, 5.74) is 13.0. The van der Waals surface area contributed by atoms with Crippen LogP contribution in [0.2, 0.25) is 0 Å². The highest BCUT2D eigenvalue weighted by atomic mass is 16.6. The van der Waals surface area contributed by atoms with Crippen molar-refractivity contribution in [1.82, 2.24) is 4.90 Å². The van der Waals surface area contributed by atoms with Crippen molar-refractivity contribution in [2.24, 2.45) is 5.11 Å². The van der Waals surface area contributed by atoms with Gasteiger partial charge in [-0.3, -0.25) is 4.90 Å². The zero-order valence-corrected chi connectivity index (χ0v) is 14.9. The molecule has 0 bridgehead atoms. The molecule has 8 heteroatoms. The molecular weight excluding hydrogens is 360 g/mol. The Kier molecular flexibility index (Phi) is 4.63. The molecule has 2 aliphatic rings. The second kappa shape index (κ2) is 7.25. The minimum atomic E-state index is -1.14. The molecule has 1 heterocycles. The van der Waals surface area contributed by atoms with E-state index >= 15 is 0 Å². The largest absolute Gasteiger partial charge is 0.480 e. The molecule has 2 aromatic rings. The number of hydrogen-bond acceptors (Lipinski definition) is 4. The Balaban J connectivity index is 1.52. The molecule has 0 aromatic heterocycles. The van der Waals surface area contributed by atoms with Gasteiger partial charge in [-0.15, -0.1) is 0 Å². The smallest absolute Gasteiger partial charge is 0.410 e. The number of rotatable bonds is 4. The van der Waals surface area contributed by atoms with Gasteiger partial charge in [0.1, 0.15) is 12.6 Å². The summed E-state index contributed by atoms with van der Waals surface area (Å²) in [7, 11) is 0. The van der Waals surface area contributed by atoms with E-state index in [1.807, 2.05) is 48.5 Å². The van der Waals surface area contributed by atoms with Crippen molar-refractivity contribution >= 4 is 12.1 Å². The summed E-state index contributed by atoms with van der Waals surface area (Å²) in [4.78, 5) is 27.9. The molecule has 1 saturated heterocycles. The summed E-state index contributed by atoms with van der Waals surface area (Å²) in [6.07, 6.45) is -0.617. The number of likely N-dealkylation sites (tertiary alicyclic amines) is 1. The van der Waals surface area contributed by atoms with Crippen molar-refractivity contribution < 1.29 is 19.4 Å². The fourth-order valence-corrected chi connectivity index (χ4v) is 4.08. The van der Waals surface area contributed by atoms with Gasteiger partial charge in [-0.2, -0.15) is 0 Å². The Morgan fingerprint density at radius 3 is 2.32 bits per heavy atom. The standard InChI is InChI=1S/C20H18N4O4/c21-23-22-12-9-18(19(25)26)24(10-12)20(27)28-11-17-15-7-3-1-5-13(15)14-6-2-4-8-16(14)17/h1-8,12,17-18H,9-11H2,(H,25,26)/t12-,18+/m1/s1. The number of carboxylic acids is 1. The summed E-state index contributed by atoms with van der Waals surface area (Å²) in [5.74, 6) is -1.24. The lowest BCUT2D eigenvalue weighted by molar-refractivity contribution is -0.141. The molecule has 1 amide bonds. The molecule has 142 valence electrons. The van der Waals surface area contributed by atoms with Crippen molar-refractivity contribution in [3.05, 3.63) is 70.1 Å². The molecule has 0 unspecified atom stereocenters. The van der Waals surface area contributed by atoms with Crippen LogP contribution in [0.3, 0.4) is 0 Å². The van der Waals surface area contributed by atoms with Crippen LogP contribution in [-0.2, 0) is 9.53 Å². The van der Waals surface area contributed by atoms with Gasteiger partial charge in [0.25, 0.3) is 0 Å². The first-order valence-electron chi connectivity index (χ1n) is 8.98. The molecule has 28 heavy (non-hydrogen) atoms. The number of carbonyl (C=O) groups excluding carboxylic acids is 1. The van der Waals surface area contributed by atoms with Crippen LogP contribution in [0.5, 0.6) is 0 Å². The lowest BCUT2D eigenvalue weighted by Crippen LogP contribution is -2.41. The second-order valence-electron chi connectivity index (χ2n) is 6.90. The summed E-state index contributed by atoms with van der Waals surface area (Å²) >= 11 is 0. The van der Waals surface area contributed by atoms with Crippen molar-refractivity contribution in [2.75, 3.05) is 13.2 Å². The van der Waals surface area contributed by atoms with Gasteiger partial charge < -0.3 is 9.84 Å². The summed E-state index contributed by atoms with van der Waals surface area (Å²) < 4.78 is 5.52. The first-order chi connectivity index (χ1) is 13.6. The highest BCUT2D eigenvalue weighted by Gasteiger charge is 2.40. The number of azide groups is 1. The Morgan fingerprint density at radius 1 is 1.14 bits per heavy atom. The van der Waals surface area contributed by atoms with Crippen LogP contribution in [0.15, 0.2) is 53.6 Å². The minimum absolute atomic E-state index is 0.0394. The topological polar surface area (TPSA) is 116 Å². The number of fused-ring (bicyclic) bond motifs is 3. The van der Waals surface area contributed by atoms with E-state index in [-0.39, 0.29) is 25.5 Å². The van der Waals surface area contributed by atoms with Gasteiger partial charge in [0, 0.05) is 17.4 Å². The molecule has 2 atom stereocenters. The number of carbonyl (C=O) groups is 2. The summed E-state index contributed by atoms with van der Waals surface area (Å²) in [5, 5.41) is 12.9. The van der Waals surface area contributed by atoms with Crippen LogP contribution in [0.25, 0.3) is 21.6 Å². The molecular formula is C20H18N4O4. The van der Waals surface area contributed by atoms with Crippen molar-refractivity contribution in [2.45, 2.75) is 24.4 Å². The SMILES string of the molecule is [N-]=[N+]=N[C@@H]1C[C@@H](C(=O)O)N(C(=O)OCC2c3ccccc3-c3ccccc32)C1. The van der Waals surface area contributed by atoms with E-state index in [2.05, 4.69) is 10.0 Å². The van der Waals surface area contributed by atoms with Crippen LogP contribution >= 0.6 is 0 Å². The van der Waals surface area contributed by atoms with Crippen molar-refractivity contribution in [1.29, 1.82) is 0 Å². The molecule has 0 saturated carbocycles. The maximum absolute atomic E-state index is 12.6. The quantitative estimate of drug-likeness (QED) is 0.495. The number of benzene rings is 2. The Labute approximate surface area is 161 Å². The Hall–Kier alpha value is -3.51. The third kappa shape index (κ3) is 3.04. The number of nitrogens with zero attached hydrogens (tertiary/aromatic N) is 4. The molecule has 1 fully saturated rings. The monoisotopic (exact) mass is 378 g/mol. The average Bonchev–Trinajstić information content (AvgIpc) is 3.26. The fourth-order valence-electron chi connectivity index (χ4n) is 4.08. The lowest BCUT2D eigenvalue weighted by atomic mass is 9.98. The predicted molar refractivity (Wildman–Crippen MR) is 101 cm³/mol. The molecule has 2 aromatic carbocycles. The highest BCUT2D eigenvalue weighted by Crippen LogP contribution is 2.44. The molecule has 1 N–H and O–H groups in total. The van der Waals surface area contributed by atoms with Gasteiger partial charge in [0.2, 0.25) is 0 Å². The zero-order valence-electron chi connectivity index (χ0n) is 14.9. The van der Waals surface area contributed by atoms with E-state index in [4.69, 9.17) is 10.3 Å². The molecule has 1 aliphatic carbocycles. The van der Waals surface area contributed by atoms with E-state index in [1.165, 1.54) is 0 Å². The van der Waals surface area contributed by atoms with Crippen LogP contribution in [0.1, 0.15) is 23.5 Å². The first kappa shape index (κ1) is 17.9. The second-order valence-corrected chi connectivity index (χ2v) is 6.90. The van der Waals surface area contributed by atoms with Crippen LogP contribution in [0, 0.1) is 0 Å². The first-order valence-corrected chi connectivity index (χ1v) is 8.98. The van der Waals surface area contributed by atoms with Crippen molar-refractivity contribution in [3.8, 4) is 11.1 Å². The molecule has 4 rings (SSSR count). The number of amides is 1. The third-order valence-corrected chi connectivity index (χ3v) is 5.35. The third-order valence-electron chi connectivity index (χ3n) is 5.35. The normalized spacial score (nSPS) is 20.2. The maximum atomic E-state index is 12.6. The van der Waals surface area contributed by atoms with Gasteiger partial charge >= 0.3 is 12.1 Å². The summed E-state index contributed by atoms with van der Waals surface area (Å²) in [6, 6.07) is 14.3. The van der Waals surface area contributed by atoms with Crippen LogP contribution in [0.4, 0.5) is 4.79 Å². The Morgan fingerprint density at radius 2 is 1.75 bits per heavy atom. The van der Waals surface area contributed by atoms with E-state index < -0.39 is 24.1 Å². The van der Waals surface area contributed by atoms with E-state index in [0.29, 0.717) is 0 Å². The lowest BCUT2D eigenvalue weighted by Gasteiger charge is -2.22. The maximum Gasteiger partial charge on any atom is 0.410 e.